The number of nitrogens with zero attached hydrogens (tertiary/aromatic N) is 3. The van der Waals surface area contributed by atoms with Gasteiger partial charge in [0.1, 0.15) is 23.4 Å². The van der Waals surface area contributed by atoms with Crippen LogP contribution >= 0.6 is 0 Å². The molecule has 7 rings (SSSR count). The molecule has 11 atom stereocenters. The number of aliphatic hydroxyl groups excluding tert-OH is 2. The van der Waals surface area contributed by atoms with E-state index in [1.54, 1.807) is 39.8 Å². The van der Waals surface area contributed by atoms with Gasteiger partial charge in [-0.1, -0.05) is 76.3 Å². The highest BCUT2D eigenvalue weighted by Crippen LogP contribution is 2.55. The van der Waals surface area contributed by atoms with Gasteiger partial charge in [-0.3, -0.25) is 24.3 Å². The maximum atomic E-state index is 14.6. The number of rotatable bonds is 6. The van der Waals surface area contributed by atoms with Crippen LogP contribution in [0.15, 0.2) is 71.6 Å². The van der Waals surface area contributed by atoms with E-state index in [0.29, 0.717) is 13.1 Å². The maximum absolute atomic E-state index is 14.6. The first-order valence-electron chi connectivity index (χ1n) is 22.8. The number of ether oxygens (including phenoxy) is 4. The molecule has 0 radical (unpaired) electrons. The Balaban J connectivity index is 1.49. The highest BCUT2D eigenvalue weighted by atomic mass is 16.7. The van der Waals surface area contributed by atoms with E-state index < -0.39 is 88.8 Å². The molecule has 5 bridgehead atoms. The number of methoxy groups -OCH3 is 1. The van der Waals surface area contributed by atoms with E-state index in [0.717, 1.165) is 6.54 Å². The van der Waals surface area contributed by atoms with E-state index in [4.69, 9.17) is 24.0 Å². The van der Waals surface area contributed by atoms with Crippen molar-refractivity contribution in [2.75, 3.05) is 25.5 Å². The molecule has 0 unspecified atom stereocenters. The summed E-state index contributed by atoms with van der Waals surface area (Å²) in [6, 6.07) is 9.93. The second kappa shape index (κ2) is 20.5. The topological polar surface area (TPSA) is 220 Å². The molecule has 3 aromatic carbocycles. The fourth-order valence-electron chi connectivity index (χ4n) is 9.62. The van der Waals surface area contributed by atoms with Gasteiger partial charge in [0.25, 0.3) is 11.7 Å². The van der Waals surface area contributed by atoms with Gasteiger partial charge in [0.05, 0.1) is 65.1 Å². The molecular formula is C51H66N4O12. The summed E-state index contributed by atoms with van der Waals surface area (Å²) in [7, 11) is 1.44. The quantitative estimate of drug-likeness (QED) is 0.0658. The number of hydrogen-bond donors (Lipinski definition) is 6. The largest absolute Gasteiger partial charge is 0.507 e. The van der Waals surface area contributed by atoms with Crippen LogP contribution in [0.2, 0.25) is 0 Å². The van der Waals surface area contributed by atoms with Gasteiger partial charge in [0.2, 0.25) is 0 Å². The Morgan fingerprint density at radius 1 is 0.910 bits per heavy atom. The lowest BCUT2D eigenvalue weighted by molar-refractivity contribution is -0.160. The number of carbonyl (C=O) groups is 3. The standard InChI is InChI=1S/C51H66N4O12/c1-26-16-15-17-27(2)50(63)53-41-36(22-52-55-28(3)23-54(24-29(55)4)25-35-18-13-12-14-19-35)45(60)38-39(46(41)61)44(59)33(8)48-40(38)49(62)51(10,67-48)65-21-20-37(64-11)30(5)47(66-34(9)56)32(7)43(58)31(6)42(26)57/h12-22,26,28-32,37,42-43,47,57-61H,23-25H2,1-11H3,(H,53,63)/b16-15-,21-20?,27-17-,52-22+/t26-,28-,29+,30+,31+,32+,37-,42-,43+,47+,51-/m0/s1. The molecule has 362 valence electrons. The number of hydrazone groups is 1. The minimum atomic E-state index is -2.07. The summed E-state index contributed by atoms with van der Waals surface area (Å²) >= 11 is 0. The summed E-state index contributed by atoms with van der Waals surface area (Å²) in [5.74, 6) is -8.46. The van der Waals surface area contributed by atoms with Crippen LogP contribution in [-0.2, 0) is 30.3 Å². The van der Waals surface area contributed by atoms with Crippen LogP contribution in [0.25, 0.3) is 10.8 Å². The van der Waals surface area contributed by atoms with Crippen molar-refractivity contribution in [3.63, 3.8) is 0 Å². The van der Waals surface area contributed by atoms with Crippen molar-refractivity contribution in [3.05, 3.63) is 88.7 Å². The minimum absolute atomic E-state index is 0.0500. The lowest BCUT2D eigenvalue weighted by Gasteiger charge is -2.42. The first kappa shape index (κ1) is 50.5. The fraction of sp³-hybridized carbons (Fsp3) is 0.490. The summed E-state index contributed by atoms with van der Waals surface area (Å²) in [5.41, 5.74) is 0.785. The molecule has 4 heterocycles. The van der Waals surface area contributed by atoms with Crippen LogP contribution in [0.4, 0.5) is 5.69 Å². The maximum Gasteiger partial charge on any atom is 0.312 e. The predicted octanol–water partition coefficient (Wildman–Crippen LogP) is 6.68. The smallest absolute Gasteiger partial charge is 0.312 e. The first-order chi connectivity index (χ1) is 31.6. The number of esters is 1. The first-order valence-corrected chi connectivity index (χ1v) is 22.8. The summed E-state index contributed by atoms with van der Waals surface area (Å²) in [4.78, 5) is 43.4. The Labute approximate surface area is 392 Å². The van der Waals surface area contributed by atoms with E-state index in [9.17, 15) is 39.9 Å². The number of anilines is 1. The minimum Gasteiger partial charge on any atom is -0.507 e. The number of nitrogens with one attached hydrogen (secondary N) is 1. The van der Waals surface area contributed by atoms with Crippen molar-refractivity contribution >= 4 is 40.3 Å². The van der Waals surface area contributed by atoms with Gasteiger partial charge < -0.3 is 49.8 Å². The lowest BCUT2D eigenvalue weighted by atomic mass is 9.78. The summed E-state index contributed by atoms with van der Waals surface area (Å²) < 4.78 is 23.8. The normalized spacial score (nSPS) is 31.4. The van der Waals surface area contributed by atoms with Gasteiger partial charge >= 0.3 is 11.8 Å². The van der Waals surface area contributed by atoms with Gasteiger partial charge in [-0.05, 0) is 39.3 Å². The number of amides is 1. The van der Waals surface area contributed by atoms with Crippen molar-refractivity contribution < 1.29 is 58.9 Å². The molecule has 6 N–H and O–H groups in total. The molecule has 0 spiro atoms. The molecule has 16 nitrogen and oxygen atoms in total. The number of hydrogen-bond acceptors (Lipinski definition) is 15. The van der Waals surface area contributed by atoms with Crippen molar-refractivity contribution in [1.29, 1.82) is 0 Å². The van der Waals surface area contributed by atoms with E-state index in [1.807, 2.05) is 37.1 Å². The lowest BCUT2D eigenvalue weighted by Crippen LogP contribution is -2.54. The number of benzene rings is 3. The Morgan fingerprint density at radius 2 is 1.57 bits per heavy atom. The summed E-state index contributed by atoms with van der Waals surface area (Å²) in [5, 5.41) is 68.1. The third-order valence-corrected chi connectivity index (χ3v) is 13.6. The zero-order chi connectivity index (χ0) is 49.2. The predicted molar refractivity (Wildman–Crippen MR) is 254 cm³/mol. The molecule has 1 saturated heterocycles. The molecule has 4 aliphatic heterocycles. The number of Topliss-reactive ketones (excluding diaryl/α,β-unsaturated/α-hetero) is 1. The van der Waals surface area contributed by atoms with E-state index in [2.05, 4.69) is 22.3 Å². The number of phenolic OH excluding ortho intramolecular Hbond substituents is 3. The number of fused-ring (bicyclic) bond motifs is 14. The van der Waals surface area contributed by atoms with Gasteiger partial charge in [-0.2, -0.15) is 5.10 Å². The zero-order valence-corrected chi connectivity index (χ0v) is 40.2. The van der Waals surface area contributed by atoms with Crippen LogP contribution in [0.3, 0.4) is 0 Å². The van der Waals surface area contributed by atoms with Crippen molar-refractivity contribution in [1.82, 2.24) is 9.91 Å². The highest BCUT2D eigenvalue weighted by molar-refractivity contribution is 6.23. The summed E-state index contributed by atoms with van der Waals surface area (Å²) in [6.07, 6.45) is 4.88. The zero-order valence-electron chi connectivity index (χ0n) is 40.2. The molecular weight excluding hydrogens is 861 g/mol. The molecule has 1 amide bonds. The van der Waals surface area contributed by atoms with E-state index in [1.165, 1.54) is 65.0 Å². The average molecular weight is 927 g/mol. The van der Waals surface area contributed by atoms with Crippen LogP contribution in [-0.4, -0.2) is 122 Å². The van der Waals surface area contributed by atoms with Crippen LogP contribution in [0.1, 0.15) is 89.4 Å². The van der Waals surface area contributed by atoms with Crippen LogP contribution < -0.4 is 10.1 Å². The average Bonchev–Trinajstić information content (AvgIpc) is 3.55. The number of phenols is 3. The Bertz CT molecular complexity index is 2460. The molecule has 0 saturated carbocycles. The SMILES string of the molecule is CO[C@H]1C=CO[C@@]2(C)Oc3c(C)c(O)c4c(O)c(c(/C=N/N5[C@H](C)CN(Cc6ccccc6)C[C@@H]5C)c(O)c4c3C2=O)NC(=O)/C(C)=C\C=C/[C@H](C)[C@H](O)[C@@H](C)[C@@H](O)[C@@H](C)[C@H](OC(C)=O)[C@@H]1C. The van der Waals surface area contributed by atoms with Gasteiger partial charge in [0, 0.05) is 80.8 Å². The Kier molecular flexibility index (Phi) is 15.5. The number of aliphatic hydroxyl groups is 2. The Hall–Kier alpha value is -5.94. The molecule has 16 heteroatoms. The van der Waals surface area contributed by atoms with Crippen LogP contribution in [0, 0.1) is 30.6 Å². The fourth-order valence-corrected chi connectivity index (χ4v) is 9.62. The van der Waals surface area contributed by atoms with Crippen molar-refractivity contribution in [2.45, 2.75) is 118 Å². The third kappa shape index (κ3) is 10.2. The molecule has 4 aliphatic rings. The second-order valence-corrected chi connectivity index (χ2v) is 18.6. The number of ketones is 1. The van der Waals surface area contributed by atoms with Gasteiger partial charge in [-0.15, -0.1) is 0 Å². The second-order valence-electron chi connectivity index (χ2n) is 18.6. The monoisotopic (exact) mass is 926 g/mol. The molecule has 0 aliphatic carbocycles. The van der Waals surface area contributed by atoms with E-state index in [-0.39, 0.29) is 56.6 Å². The Morgan fingerprint density at radius 3 is 2.19 bits per heavy atom. The number of aromatic hydroxyl groups is 3. The number of allylic oxidation sites excluding steroid dienone is 2. The van der Waals surface area contributed by atoms with Crippen LogP contribution in [0.5, 0.6) is 23.0 Å². The molecule has 67 heavy (non-hydrogen) atoms. The summed E-state index contributed by atoms with van der Waals surface area (Å²) in [6.45, 7) is 18.7. The third-order valence-electron chi connectivity index (χ3n) is 13.6. The number of carbonyl (C=O) groups excluding carboxylic acids is 3. The van der Waals surface area contributed by atoms with E-state index >= 15 is 0 Å². The van der Waals surface area contributed by atoms with Gasteiger partial charge in [0.15, 0.2) is 5.75 Å². The molecule has 1 fully saturated rings. The number of piperazine rings is 1. The van der Waals surface area contributed by atoms with Gasteiger partial charge in [-0.25, -0.2) is 0 Å². The molecule has 0 aromatic heterocycles. The van der Waals surface area contributed by atoms with Crippen molar-refractivity contribution in [3.8, 4) is 23.0 Å². The molecule has 3 aromatic rings. The highest BCUT2D eigenvalue weighted by Gasteiger charge is 2.50. The van der Waals surface area contributed by atoms with Crippen molar-refractivity contribution in [2.24, 2.45) is 28.8 Å².